The number of hydrazine groups is 1. The van der Waals surface area contributed by atoms with Crippen LogP contribution in [0.15, 0.2) is 35.2 Å². The monoisotopic (exact) mass is 249 g/mol. The molecule has 1 aliphatic rings. The molecule has 0 bridgehead atoms. The highest BCUT2D eigenvalue weighted by atomic mass is 15.2. The summed E-state index contributed by atoms with van der Waals surface area (Å²) in [5, 5.41) is 3.60. The third kappa shape index (κ3) is 3.91. The zero-order chi connectivity index (χ0) is 13.8. The lowest BCUT2D eigenvalue weighted by Gasteiger charge is -2.34. The van der Waals surface area contributed by atoms with E-state index in [4.69, 9.17) is 5.84 Å². The van der Waals surface area contributed by atoms with Crippen LogP contribution >= 0.6 is 0 Å². The zero-order valence-electron chi connectivity index (χ0n) is 12.3. The van der Waals surface area contributed by atoms with Gasteiger partial charge in [-0.05, 0) is 45.1 Å². The second-order valence-electron chi connectivity index (χ2n) is 5.93. The largest absolute Gasteiger partial charge is 0.378 e. The minimum atomic E-state index is 0.0414. The van der Waals surface area contributed by atoms with Gasteiger partial charge in [0, 0.05) is 11.7 Å². The van der Waals surface area contributed by atoms with Crippen molar-refractivity contribution >= 4 is 0 Å². The highest BCUT2D eigenvalue weighted by molar-refractivity contribution is 5.37. The molecule has 0 aromatic rings. The van der Waals surface area contributed by atoms with Crippen molar-refractivity contribution in [3.63, 3.8) is 0 Å². The maximum absolute atomic E-state index is 5.45. The van der Waals surface area contributed by atoms with Crippen LogP contribution in [0.5, 0.6) is 0 Å². The summed E-state index contributed by atoms with van der Waals surface area (Å²) in [5.74, 6) is 5.99. The van der Waals surface area contributed by atoms with Crippen LogP contribution < -0.4 is 16.6 Å². The Morgan fingerprint density at radius 1 is 1.33 bits per heavy atom. The molecule has 1 aliphatic carbocycles. The molecule has 1 rings (SSSR count). The fourth-order valence-electron chi connectivity index (χ4n) is 1.75. The molecular weight excluding hydrogens is 222 g/mol. The molecule has 18 heavy (non-hydrogen) atoms. The molecule has 0 fully saturated rings. The Morgan fingerprint density at radius 3 is 2.44 bits per heavy atom. The first-order chi connectivity index (χ1) is 8.36. The van der Waals surface area contributed by atoms with E-state index in [1.54, 1.807) is 0 Å². The molecule has 0 heterocycles. The van der Waals surface area contributed by atoms with Gasteiger partial charge in [-0.25, -0.2) is 0 Å². The molecule has 3 nitrogen and oxygen atoms in total. The van der Waals surface area contributed by atoms with Crippen molar-refractivity contribution in [3.8, 4) is 0 Å². The Hall–Kier alpha value is -1.22. The quantitative estimate of drug-likeness (QED) is 0.518. The van der Waals surface area contributed by atoms with E-state index in [1.807, 2.05) is 6.20 Å². The van der Waals surface area contributed by atoms with Crippen LogP contribution in [0, 0.1) is 5.92 Å². The topological polar surface area (TPSA) is 50.1 Å². The molecule has 0 aromatic heterocycles. The zero-order valence-corrected chi connectivity index (χ0v) is 12.3. The van der Waals surface area contributed by atoms with E-state index >= 15 is 0 Å². The number of nitrogens with one attached hydrogen (secondary N) is 2. The van der Waals surface area contributed by atoms with Crippen LogP contribution in [-0.2, 0) is 0 Å². The molecule has 4 N–H and O–H groups in total. The summed E-state index contributed by atoms with van der Waals surface area (Å²) in [7, 11) is 0. The van der Waals surface area contributed by atoms with Gasteiger partial charge in [0.15, 0.2) is 0 Å². The summed E-state index contributed by atoms with van der Waals surface area (Å²) in [6, 6.07) is 0. The third-order valence-corrected chi connectivity index (χ3v) is 3.83. The van der Waals surface area contributed by atoms with Gasteiger partial charge in [-0.3, -0.25) is 5.84 Å². The molecule has 0 saturated heterocycles. The normalized spacial score (nSPS) is 17.4. The number of hydrogen-bond acceptors (Lipinski definition) is 3. The minimum Gasteiger partial charge on any atom is -0.378 e. The average molecular weight is 249 g/mol. The van der Waals surface area contributed by atoms with Crippen molar-refractivity contribution in [1.29, 1.82) is 0 Å². The smallest absolute Gasteiger partial charge is 0.0551 e. The molecule has 0 amide bonds. The summed E-state index contributed by atoms with van der Waals surface area (Å²) in [6.07, 6.45) is 8.41. The molecule has 0 saturated carbocycles. The predicted octanol–water partition coefficient (Wildman–Crippen LogP) is 2.98. The van der Waals surface area contributed by atoms with E-state index < -0.39 is 0 Å². The lowest BCUT2D eigenvalue weighted by Crippen LogP contribution is -2.44. The van der Waals surface area contributed by atoms with Crippen LogP contribution in [0.2, 0.25) is 0 Å². The molecular formula is C15H27N3. The summed E-state index contributed by atoms with van der Waals surface area (Å²) >= 11 is 0. The van der Waals surface area contributed by atoms with Gasteiger partial charge < -0.3 is 10.7 Å². The average Bonchev–Trinajstić information content (AvgIpc) is 2.29. The lowest BCUT2D eigenvalue weighted by molar-refractivity contribution is 0.313. The third-order valence-electron chi connectivity index (χ3n) is 3.83. The van der Waals surface area contributed by atoms with Crippen molar-refractivity contribution in [2.45, 2.75) is 53.0 Å². The second-order valence-corrected chi connectivity index (χ2v) is 5.93. The first kappa shape index (κ1) is 14.8. The number of rotatable bonds is 5. The van der Waals surface area contributed by atoms with Crippen LogP contribution in [0.25, 0.3) is 0 Å². The first-order valence-electron chi connectivity index (χ1n) is 6.68. The summed E-state index contributed by atoms with van der Waals surface area (Å²) in [4.78, 5) is 0. The van der Waals surface area contributed by atoms with Gasteiger partial charge in [0.25, 0.3) is 0 Å². The van der Waals surface area contributed by atoms with Crippen LogP contribution in [-0.4, -0.2) is 5.54 Å². The number of nitrogens with two attached hydrogens (primary N) is 1. The van der Waals surface area contributed by atoms with E-state index in [1.165, 1.54) is 11.1 Å². The van der Waals surface area contributed by atoms with Gasteiger partial charge in [-0.15, -0.1) is 0 Å². The van der Waals surface area contributed by atoms with E-state index in [2.05, 4.69) is 57.5 Å². The molecule has 0 spiro atoms. The Kier molecular flexibility index (Phi) is 5.03. The van der Waals surface area contributed by atoms with Crippen LogP contribution in [0.4, 0.5) is 0 Å². The van der Waals surface area contributed by atoms with Gasteiger partial charge in [-0.2, -0.15) is 0 Å². The summed E-state index contributed by atoms with van der Waals surface area (Å²) in [6.45, 7) is 11.0. The first-order valence-corrected chi connectivity index (χ1v) is 6.68. The summed E-state index contributed by atoms with van der Waals surface area (Å²) in [5.41, 5.74) is 6.53. The molecule has 0 aliphatic heterocycles. The predicted molar refractivity (Wildman–Crippen MR) is 78.5 cm³/mol. The van der Waals surface area contributed by atoms with Crippen molar-refractivity contribution in [3.05, 3.63) is 35.2 Å². The fourth-order valence-corrected chi connectivity index (χ4v) is 1.75. The molecule has 3 heteroatoms. The highest BCUT2D eigenvalue weighted by Gasteiger charge is 2.24. The SMILES string of the molecule is CC1=CC=C(/C(=C/NN)NC(C)(C)C(C)C)CC1. The minimum absolute atomic E-state index is 0.0414. The van der Waals surface area contributed by atoms with Crippen molar-refractivity contribution in [1.82, 2.24) is 10.7 Å². The second kappa shape index (κ2) is 6.10. The van der Waals surface area contributed by atoms with Crippen LogP contribution in [0.1, 0.15) is 47.5 Å². The molecule has 102 valence electrons. The van der Waals surface area contributed by atoms with E-state index in [0.29, 0.717) is 5.92 Å². The van der Waals surface area contributed by atoms with Crippen molar-refractivity contribution < 1.29 is 0 Å². The summed E-state index contributed by atoms with van der Waals surface area (Å²) < 4.78 is 0. The van der Waals surface area contributed by atoms with Crippen molar-refractivity contribution in [2.24, 2.45) is 11.8 Å². The Balaban J connectivity index is 2.89. The standard InChI is InChI=1S/C15H27N3/c1-11(2)15(4,5)18-14(10-17-16)13-8-6-12(3)7-9-13/h6,8,10-11,17-18H,7,9,16H2,1-5H3/b14-10-. The maximum Gasteiger partial charge on any atom is 0.0551 e. The Bertz CT molecular complexity index is 373. The lowest BCUT2D eigenvalue weighted by atomic mass is 9.89. The van der Waals surface area contributed by atoms with Gasteiger partial charge in [0.1, 0.15) is 0 Å². The fraction of sp³-hybridized carbons (Fsp3) is 0.600. The molecule has 0 radical (unpaired) electrons. The Morgan fingerprint density at radius 2 is 2.00 bits per heavy atom. The van der Waals surface area contributed by atoms with Crippen molar-refractivity contribution in [2.75, 3.05) is 0 Å². The van der Waals surface area contributed by atoms with E-state index in [0.717, 1.165) is 18.5 Å². The molecule has 0 atom stereocenters. The van der Waals surface area contributed by atoms with Crippen LogP contribution in [0.3, 0.4) is 0 Å². The van der Waals surface area contributed by atoms with Gasteiger partial charge in [0.2, 0.25) is 0 Å². The maximum atomic E-state index is 5.45. The molecule has 0 aromatic carbocycles. The van der Waals surface area contributed by atoms with E-state index in [9.17, 15) is 0 Å². The van der Waals surface area contributed by atoms with E-state index in [-0.39, 0.29) is 5.54 Å². The highest BCUT2D eigenvalue weighted by Crippen LogP contribution is 2.25. The molecule has 0 unspecified atom stereocenters. The van der Waals surface area contributed by atoms with Gasteiger partial charge >= 0.3 is 0 Å². The number of hydrogen-bond donors (Lipinski definition) is 3. The van der Waals surface area contributed by atoms with Gasteiger partial charge in [-0.1, -0.05) is 31.6 Å². The van der Waals surface area contributed by atoms with Gasteiger partial charge in [0.05, 0.1) is 5.70 Å². The number of allylic oxidation sites excluding steroid dienone is 4. The Labute approximate surface area is 111 Å².